The van der Waals surface area contributed by atoms with Crippen LogP contribution in [-0.4, -0.2) is 21.1 Å². The molecule has 1 amide bonds. The Labute approximate surface area is 159 Å². The number of hydrogen-bond donors (Lipinski definition) is 2. The van der Waals surface area contributed by atoms with Crippen LogP contribution in [-0.2, 0) is 17.6 Å². The number of anilines is 1. The zero-order chi connectivity index (χ0) is 18.0. The number of carbonyl (C=O) groups is 1. The lowest BCUT2D eigenvalue weighted by atomic mass is 10.2. The summed E-state index contributed by atoms with van der Waals surface area (Å²) in [5.41, 5.74) is 2.11. The van der Waals surface area contributed by atoms with Gasteiger partial charge in [-0.1, -0.05) is 41.9 Å². The van der Waals surface area contributed by atoms with Crippen LogP contribution in [0.2, 0.25) is 10.0 Å². The van der Waals surface area contributed by atoms with Gasteiger partial charge >= 0.3 is 0 Å². The van der Waals surface area contributed by atoms with Crippen molar-refractivity contribution in [3.05, 3.63) is 49.9 Å². The summed E-state index contributed by atoms with van der Waals surface area (Å²) < 4.78 is 0. The Morgan fingerprint density at radius 3 is 2.88 bits per heavy atom. The second kappa shape index (κ2) is 7.81. The van der Waals surface area contributed by atoms with Gasteiger partial charge in [0, 0.05) is 11.3 Å². The number of benzene rings is 1. The Kier molecular flexibility index (Phi) is 5.71. The first-order valence-electron chi connectivity index (χ1n) is 8.02. The number of rotatable bonds is 5. The van der Waals surface area contributed by atoms with Gasteiger partial charge in [0.25, 0.3) is 5.56 Å². The molecule has 1 aromatic carbocycles. The number of aryl methyl sites for hydroxylation is 1. The van der Waals surface area contributed by atoms with Gasteiger partial charge < -0.3 is 10.3 Å². The molecule has 1 aliphatic carbocycles. The molecule has 3 rings (SSSR count). The Morgan fingerprint density at radius 1 is 1.36 bits per heavy atom. The van der Waals surface area contributed by atoms with Crippen molar-refractivity contribution in [2.24, 2.45) is 0 Å². The summed E-state index contributed by atoms with van der Waals surface area (Å²) >= 11 is 13.1. The van der Waals surface area contributed by atoms with E-state index in [1.807, 2.05) is 6.92 Å². The van der Waals surface area contributed by atoms with Crippen LogP contribution in [0.1, 0.15) is 31.0 Å². The van der Waals surface area contributed by atoms with Crippen LogP contribution in [0.25, 0.3) is 0 Å². The molecule has 132 valence electrons. The lowest BCUT2D eigenvalue weighted by Gasteiger charge is -2.15. The van der Waals surface area contributed by atoms with Crippen molar-refractivity contribution in [2.75, 3.05) is 5.32 Å². The SMILES string of the molecule is CCC(Sc1nc2c(c(=O)[nH]1)CCC2)C(=O)Nc1ccc(Cl)c(Cl)c1. The molecule has 0 fully saturated rings. The minimum absolute atomic E-state index is 0.0928. The van der Waals surface area contributed by atoms with Crippen molar-refractivity contribution in [1.29, 1.82) is 0 Å². The molecule has 0 saturated heterocycles. The maximum atomic E-state index is 12.5. The topological polar surface area (TPSA) is 74.8 Å². The van der Waals surface area contributed by atoms with E-state index in [9.17, 15) is 9.59 Å². The third-order valence-electron chi connectivity index (χ3n) is 4.02. The van der Waals surface area contributed by atoms with Gasteiger partial charge in [-0.2, -0.15) is 0 Å². The Balaban J connectivity index is 1.73. The van der Waals surface area contributed by atoms with E-state index in [1.165, 1.54) is 11.8 Å². The third-order valence-corrected chi connectivity index (χ3v) is 6.01. The number of hydrogen-bond acceptors (Lipinski definition) is 4. The van der Waals surface area contributed by atoms with Gasteiger partial charge in [0.2, 0.25) is 5.91 Å². The number of H-pyrrole nitrogens is 1. The van der Waals surface area contributed by atoms with E-state index < -0.39 is 0 Å². The second-order valence-corrected chi connectivity index (χ2v) is 7.79. The summed E-state index contributed by atoms with van der Waals surface area (Å²) in [4.78, 5) is 31.9. The standard InChI is InChI=1S/C17H17Cl2N3O2S/c1-2-14(16(24)20-9-6-7-11(18)12(19)8-9)25-17-21-13-5-3-4-10(13)15(23)22-17/h6-8,14H,2-5H2,1H3,(H,20,24)(H,21,22,23). The van der Waals surface area contributed by atoms with E-state index >= 15 is 0 Å². The fraction of sp³-hybridized carbons (Fsp3) is 0.353. The number of nitrogens with zero attached hydrogens (tertiary/aromatic N) is 1. The number of aromatic amines is 1. The zero-order valence-corrected chi connectivity index (χ0v) is 15.9. The number of aromatic nitrogens is 2. The number of halogens is 2. The molecular weight excluding hydrogens is 381 g/mol. The van der Waals surface area contributed by atoms with Gasteiger partial charge in [0.1, 0.15) is 0 Å². The second-order valence-electron chi connectivity index (χ2n) is 5.78. The number of nitrogens with one attached hydrogen (secondary N) is 2. The molecule has 8 heteroatoms. The lowest BCUT2D eigenvalue weighted by molar-refractivity contribution is -0.115. The average molecular weight is 398 g/mol. The molecule has 1 heterocycles. The molecule has 0 aliphatic heterocycles. The third kappa shape index (κ3) is 4.19. The quantitative estimate of drug-likeness (QED) is 0.588. The summed E-state index contributed by atoms with van der Waals surface area (Å²) in [5, 5.41) is 3.75. The molecule has 2 N–H and O–H groups in total. The van der Waals surface area contributed by atoms with Gasteiger partial charge in [0.05, 0.1) is 21.0 Å². The van der Waals surface area contributed by atoms with Crippen molar-refractivity contribution >= 4 is 46.6 Å². The molecule has 25 heavy (non-hydrogen) atoms. The molecule has 0 bridgehead atoms. The van der Waals surface area contributed by atoms with Gasteiger partial charge in [-0.25, -0.2) is 4.98 Å². The van der Waals surface area contributed by atoms with Gasteiger partial charge in [-0.3, -0.25) is 9.59 Å². The average Bonchev–Trinajstić information content (AvgIpc) is 3.05. The zero-order valence-electron chi connectivity index (χ0n) is 13.6. The van der Waals surface area contributed by atoms with Crippen LogP contribution in [0.15, 0.2) is 28.2 Å². The maximum Gasteiger partial charge on any atom is 0.254 e. The van der Waals surface area contributed by atoms with Crippen LogP contribution < -0.4 is 10.9 Å². The fourth-order valence-electron chi connectivity index (χ4n) is 2.73. The number of fused-ring (bicyclic) bond motifs is 1. The van der Waals surface area contributed by atoms with Crippen molar-refractivity contribution < 1.29 is 4.79 Å². The van der Waals surface area contributed by atoms with E-state index in [1.54, 1.807) is 18.2 Å². The first-order chi connectivity index (χ1) is 12.0. The van der Waals surface area contributed by atoms with E-state index in [-0.39, 0.29) is 16.7 Å². The Bertz CT molecular complexity index is 869. The highest BCUT2D eigenvalue weighted by Gasteiger charge is 2.22. The summed E-state index contributed by atoms with van der Waals surface area (Å²) in [5.74, 6) is -0.172. The molecule has 1 aromatic heterocycles. The van der Waals surface area contributed by atoms with Crippen molar-refractivity contribution in [3.63, 3.8) is 0 Å². The number of thioether (sulfide) groups is 1. The summed E-state index contributed by atoms with van der Waals surface area (Å²) in [6, 6.07) is 4.93. The fourth-order valence-corrected chi connectivity index (χ4v) is 3.94. The first kappa shape index (κ1) is 18.3. The molecular formula is C17H17Cl2N3O2S. The molecule has 0 radical (unpaired) electrons. The molecule has 0 saturated carbocycles. The lowest BCUT2D eigenvalue weighted by Crippen LogP contribution is -2.25. The van der Waals surface area contributed by atoms with E-state index in [0.717, 1.165) is 30.5 Å². The first-order valence-corrected chi connectivity index (χ1v) is 9.66. The van der Waals surface area contributed by atoms with Crippen molar-refractivity contribution in [2.45, 2.75) is 43.0 Å². The minimum Gasteiger partial charge on any atom is -0.325 e. The summed E-state index contributed by atoms with van der Waals surface area (Å²) in [6.45, 7) is 1.91. The van der Waals surface area contributed by atoms with Crippen LogP contribution in [0.5, 0.6) is 0 Å². The molecule has 2 aromatic rings. The van der Waals surface area contributed by atoms with E-state index in [0.29, 0.717) is 27.3 Å². The van der Waals surface area contributed by atoms with E-state index in [2.05, 4.69) is 15.3 Å². The number of carbonyl (C=O) groups excluding carboxylic acids is 1. The highest BCUT2D eigenvalue weighted by Crippen LogP contribution is 2.28. The molecule has 0 spiro atoms. The van der Waals surface area contributed by atoms with Gasteiger partial charge in [-0.15, -0.1) is 0 Å². The van der Waals surface area contributed by atoms with Crippen LogP contribution in [0.3, 0.4) is 0 Å². The summed E-state index contributed by atoms with van der Waals surface area (Å²) in [6.07, 6.45) is 3.14. The Hall–Kier alpha value is -1.50. The smallest absolute Gasteiger partial charge is 0.254 e. The molecule has 1 aliphatic rings. The van der Waals surface area contributed by atoms with Crippen LogP contribution in [0.4, 0.5) is 5.69 Å². The number of amides is 1. The molecule has 1 unspecified atom stereocenters. The highest BCUT2D eigenvalue weighted by atomic mass is 35.5. The van der Waals surface area contributed by atoms with Crippen LogP contribution in [0, 0.1) is 0 Å². The molecule has 5 nitrogen and oxygen atoms in total. The minimum atomic E-state index is -0.378. The largest absolute Gasteiger partial charge is 0.325 e. The predicted octanol–water partition coefficient (Wildman–Crippen LogP) is 4.07. The normalized spacial score (nSPS) is 14.2. The predicted molar refractivity (Wildman–Crippen MR) is 102 cm³/mol. The van der Waals surface area contributed by atoms with E-state index in [4.69, 9.17) is 23.2 Å². The van der Waals surface area contributed by atoms with Crippen molar-refractivity contribution in [1.82, 2.24) is 9.97 Å². The van der Waals surface area contributed by atoms with Crippen LogP contribution >= 0.6 is 35.0 Å². The van der Waals surface area contributed by atoms with Crippen molar-refractivity contribution in [3.8, 4) is 0 Å². The van der Waals surface area contributed by atoms with Gasteiger partial charge in [-0.05, 0) is 43.9 Å². The highest BCUT2D eigenvalue weighted by molar-refractivity contribution is 8.00. The maximum absolute atomic E-state index is 12.5. The van der Waals surface area contributed by atoms with Gasteiger partial charge in [0.15, 0.2) is 5.16 Å². The summed E-state index contributed by atoms with van der Waals surface area (Å²) in [7, 11) is 0. The molecule has 1 atom stereocenters. The monoisotopic (exact) mass is 397 g/mol. The Morgan fingerprint density at radius 2 is 2.16 bits per heavy atom.